The Bertz CT molecular complexity index is 1270. The highest BCUT2D eigenvalue weighted by molar-refractivity contribution is 7.15. The summed E-state index contributed by atoms with van der Waals surface area (Å²) in [6.45, 7) is 3.97. The quantitative estimate of drug-likeness (QED) is 0.501. The Morgan fingerprint density at radius 3 is 2.68 bits per heavy atom. The van der Waals surface area contributed by atoms with E-state index in [1.807, 2.05) is 19.9 Å². The standard InChI is InChI=1S/C20H19F3N6OS/c1-4-13-5-6-16(31-13)15-7-17(20(21,22)23)29-18(26-15)14(9-25-29)19(30)24-8-12-10-28(3)27-11(12)2/h5-7,9-10H,4,8H2,1-3H3,(H,24,30). The Morgan fingerprint density at radius 1 is 1.29 bits per heavy atom. The number of hydrogen-bond donors (Lipinski definition) is 1. The van der Waals surface area contributed by atoms with Crippen LogP contribution in [0.4, 0.5) is 13.2 Å². The van der Waals surface area contributed by atoms with Crippen LogP contribution in [0.3, 0.4) is 0 Å². The average Bonchev–Trinajstić information content (AvgIpc) is 3.42. The van der Waals surface area contributed by atoms with Gasteiger partial charge in [-0.25, -0.2) is 9.50 Å². The molecule has 4 aromatic rings. The van der Waals surface area contributed by atoms with Crippen molar-refractivity contribution in [1.29, 1.82) is 0 Å². The first-order valence-electron chi connectivity index (χ1n) is 9.49. The summed E-state index contributed by atoms with van der Waals surface area (Å²) in [4.78, 5) is 18.8. The SMILES string of the molecule is CCc1ccc(-c2cc(C(F)(F)F)n3ncc(C(=O)NCc4cn(C)nc4C)c3n2)s1. The second-order valence-corrected chi connectivity index (χ2v) is 8.20. The van der Waals surface area contributed by atoms with E-state index in [-0.39, 0.29) is 23.4 Å². The van der Waals surface area contributed by atoms with E-state index in [2.05, 4.69) is 20.5 Å². The maximum absolute atomic E-state index is 13.7. The molecule has 0 aliphatic rings. The lowest BCUT2D eigenvalue weighted by atomic mass is 10.2. The highest BCUT2D eigenvalue weighted by atomic mass is 32.1. The molecule has 0 atom stereocenters. The summed E-state index contributed by atoms with van der Waals surface area (Å²) >= 11 is 1.37. The van der Waals surface area contributed by atoms with E-state index in [9.17, 15) is 18.0 Å². The molecule has 31 heavy (non-hydrogen) atoms. The molecule has 0 radical (unpaired) electrons. The van der Waals surface area contributed by atoms with Gasteiger partial charge in [0.2, 0.25) is 0 Å². The number of nitrogens with zero attached hydrogens (tertiary/aromatic N) is 5. The van der Waals surface area contributed by atoms with Gasteiger partial charge in [0.1, 0.15) is 5.56 Å². The molecule has 0 saturated heterocycles. The zero-order valence-corrected chi connectivity index (χ0v) is 17.8. The molecule has 0 unspecified atom stereocenters. The number of halogens is 3. The van der Waals surface area contributed by atoms with Crippen LogP contribution in [-0.2, 0) is 26.2 Å². The van der Waals surface area contributed by atoms with Gasteiger partial charge in [0, 0.05) is 30.2 Å². The average molecular weight is 448 g/mol. The number of alkyl halides is 3. The van der Waals surface area contributed by atoms with Crippen molar-refractivity contribution < 1.29 is 18.0 Å². The summed E-state index contributed by atoms with van der Waals surface area (Å²) in [5.41, 5.74) is 0.565. The zero-order valence-electron chi connectivity index (χ0n) is 17.0. The van der Waals surface area contributed by atoms with Gasteiger partial charge in [-0.05, 0) is 31.5 Å². The minimum Gasteiger partial charge on any atom is -0.348 e. The van der Waals surface area contributed by atoms with Gasteiger partial charge in [0.05, 0.1) is 22.5 Å². The second-order valence-electron chi connectivity index (χ2n) is 7.03. The second kappa shape index (κ2) is 7.80. The predicted octanol–water partition coefficient (Wildman–Crippen LogP) is 4.01. The third-order valence-corrected chi connectivity index (χ3v) is 6.08. The number of aromatic nitrogens is 5. The molecule has 1 N–H and O–H groups in total. The minimum atomic E-state index is -4.66. The Labute approximate surface area is 179 Å². The molecule has 0 saturated carbocycles. The number of amides is 1. The van der Waals surface area contributed by atoms with Crippen molar-refractivity contribution in [2.45, 2.75) is 33.0 Å². The van der Waals surface area contributed by atoms with Gasteiger partial charge in [-0.15, -0.1) is 11.3 Å². The highest BCUT2D eigenvalue weighted by Crippen LogP contribution is 2.34. The molecule has 11 heteroatoms. The van der Waals surface area contributed by atoms with E-state index in [0.29, 0.717) is 9.39 Å². The van der Waals surface area contributed by atoms with Crippen molar-refractivity contribution in [3.8, 4) is 10.6 Å². The molecule has 0 aromatic carbocycles. The Kier molecular flexibility index (Phi) is 5.29. The van der Waals surface area contributed by atoms with Gasteiger partial charge in [0.25, 0.3) is 5.91 Å². The maximum Gasteiger partial charge on any atom is 0.433 e. The molecule has 0 spiro atoms. The molecule has 0 aliphatic heterocycles. The Morgan fingerprint density at radius 2 is 2.06 bits per heavy atom. The summed E-state index contributed by atoms with van der Waals surface area (Å²) in [5, 5.41) is 10.7. The molecule has 0 aliphatic carbocycles. The third kappa shape index (κ3) is 4.05. The summed E-state index contributed by atoms with van der Waals surface area (Å²) < 4.78 is 43.4. The van der Waals surface area contributed by atoms with E-state index >= 15 is 0 Å². The molecule has 7 nitrogen and oxygen atoms in total. The van der Waals surface area contributed by atoms with Crippen molar-refractivity contribution in [2.75, 3.05) is 0 Å². The van der Waals surface area contributed by atoms with Crippen LogP contribution in [-0.4, -0.2) is 30.3 Å². The molecular weight excluding hydrogens is 429 g/mol. The lowest BCUT2D eigenvalue weighted by Crippen LogP contribution is -2.23. The van der Waals surface area contributed by atoms with E-state index in [0.717, 1.165) is 34.8 Å². The van der Waals surface area contributed by atoms with Crippen LogP contribution in [0.15, 0.2) is 30.6 Å². The Hall–Kier alpha value is -3.21. The van der Waals surface area contributed by atoms with E-state index in [1.54, 1.807) is 24.0 Å². The molecular formula is C20H19F3N6OS. The van der Waals surface area contributed by atoms with Crippen LogP contribution < -0.4 is 5.32 Å². The maximum atomic E-state index is 13.7. The van der Waals surface area contributed by atoms with E-state index in [4.69, 9.17) is 0 Å². The third-order valence-electron chi connectivity index (χ3n) is 4.82. The number of fused-ring (bicyclic) bond motifs is 1. The van der Waals surface area contributed by atoms with Gasteiger partial charge in [-0.2, -0.15) is 23.4 Å². The largest absolute Gasteiger partial charge is 0.433 e. The molecule has 4 aromatic heterocycles. The van der Waals surface area contributed by atoms with Crippen molar-refractivity contribution in [3.63, 3.8) is 0 Å². The van der Waals surface area contributed by atoms with Crippen molar-refractivity contribution >= 4 is 22.9 Å². The summed E-state index contributed by atoms with van der Waals surface area (Å²) in [7, 11) is 1.77. The molecule has 1 amide bonds. The fourth-order valence-corrected chi connectivity index (χ4v) is 4.16. The van der Waals surface area contributed by atoms with Gasteiger partial charge < -0.3 is 5.32 Å². The number of carbonyl (C=O) groups excluding carboxylic acids is 1. The number of carbonyl (C=O) groups is 1. The van der Waals surface area contributed by atoms with Crippen LogP contribution in [0.25, 0.3) is 16.2 Å². The monoisotopic (exact) mass is 448 g/mol. The first-order chi connectivity index (χ1) is 14.7. The van der Waals surface area contributed by atoms with Gasteiger partial charge in [-0.3, -0.25) is 9.48 Å². The smallest absolute Gasteiger partial charge is 0.348 e. The number of aryl methyl sites for hydroxylation is 3. The topological polar surface area (TPSA) is 77.1 Å². The van der Waals surface area contributed by atoms with Crippen LogP contribution in [0.5, 0.6) is 0 Å². The van der Waals surface area contributed by atoms with Gasteiger partial charge in [-0.1, -0.05) is 6.92 Å². The first kappa shape index (κ1) is 21.0. The predicted molar refractivity (Wildman–Crippen MR) is 110 cm³/mol. The molecule has 0 fully saturated rings. The van der Waals surface area contributed by atoms with E-state index in [1.165, 1.54) is 11.3 Å². The Balaban J connectivity index is 1.74. The summed E-state index contributed by atoms with van der Waals surface area (Å²) in [5.74, 6) is -0.559. The van der Waals surface area contributed by atoms with Crippen molar-refractivity contribution in [3.05, 3.63) is 58.0 Å². The molecule has 4 heterocycles. The lowest BCUT2D eigenvalue weighted by Gasteiger charge is -2.11. The van der Waals surface area contributed by atoms with Crippen molar-refractivity contribution in [1.82, 2.24) is 29.7 Å². The highest BCUT2D eigenvalue weighted by Gasteiger charge is 2.36. The van der Waals surface area contributed by atoms with Gasteiger partial charge >= 0.3 is 6.18 Å². The normalized spacial score (nSPS) is 11.9. The van der Waals surface area contributed by atoms with Crippen molar-refractivity contribution in [2.24, 2.45) is 7.05 Å². The first-order valence-corrected chi connectivity index (χ1v) is 10.3. The van der Waals surface area contributed by atoms with E-state index < -0.39 is 17.8 Å². The molecule has 162 valence electrons. The fourth-order valence-electron chi connectivity index (χ4n) is 3.25. The van der Waals surface area contributed by atoms with Crippen LogP contribution in [0.2, 0.25) is 0 Å². The number of nitrogens with one attached hydrogen (secondary N) is 1. The summed E-state index contributed by atoms with van der Waals surface area (Å²) in [6.07, 6.45) is -1.01. The fraction of sp³-hybridized carbons (Fsp3) is 0.300. The number of thiophene rings is 1. The molecule has 0 bridgehead atoms. The number of hydrogen-bond acceptors (Lipinski definition) is 5. The number of rotatable bonds is 5. The molecule has 4 rings (SSSR count). The van der Waals surface area contributed by atoms with Crippen LogP contribution in [0.1, 0.15) is 39.1 Å². The van der Waals surface area contributed by atoms with Gasteiger partial charge in [0.15, 0.2) is 11.3 Å². The van der Waals surface area contributed by atoms with Crippen LogP contribution >= 0.6 is 11.3 Å². The van der Waals surface area contributed by atoms with Crippen LogP contribution in [0, 0.1) is 6.92 Å². The summed E-state index contributed by atoms with van der Waals surface area (Å²) in [6, 6.07) is 4.56. The lowest BCUT2D eigenvalue weighted by molar-refractivity contribution is -0.142. The zero-order chi connectivity index (χ0) is 22.3. The minimum absolute atomic E-state index is 0.0267.